The summed E-state index contributed by atoms with van der Waals surface area (Å²) in [7, 11) is 1.55. The van der Waals surface area contributed by atoms with E-state index in [0.29, 0.717) is 6.54 Å². The number of benzene rings is 1. The first-order valence-corrected chi connectivity index (χ1v) is 5.82. The molecule has 0 saturated carbocycles. The monoisotopic (exact) mass is 231 g/mol. The Balaban J connectivity index is 2.00. The van der Waals surface area contributed by atoms with E-state index in [1.807, 2.05) is 23.1 Å². The van der Waals surface area contributed by atoms with Crippen LogP contribution in [0.15, 0.2) is 36.4 Å². The molecule has 0 atom stereocenters. The molecule has 0 radical (unpaired) electrons. The van der Waals surface area contributed by atoms with Crippen LogP contribution in [0.5, 0.6) is 0 Å². The Labute approximate surface area is 102 Å². The molecule has 1 aromatic carbocycles. The maximum Gasteiger partial charge on any atom is 0.248 e. The minimum atomic E-state index is 0.0656. The molecule has 0 aliphatic carbocycles. The zero-order valence-corrected chi connectivity index (χ0v) is 10.1. The van der Waals surface area contributed by atoms with Gasteiger partial charge in [-0.3, -0.25) is 4.79 Å². The zero-order valence-electron chi connectivity index (χ0n) is 10.1. The Hall–Kier alpha value is -1.61. The van der Waals surface area contributed by atoms with Crippen molar-refractivity contribution in [3.8, 4) is 0 Å². The maximum absolute atomic E-state index is 11.6. The van der Waals surface area contributed by atoms with Gasteiger partial charge in [-0.1, -0.05) is 36.4 Å². The van der Waals surface area contributed by atoms with E-state index in [4.69, 9.17) is 4.74 Å². The van der Waals surface area contributed by atoms with Crippen molar-refractivity contribution in [1.29, 1.82) is 0 Å². The number of nitrogens with zero attached hydrogens (tertiary/aromatic N) is 1. The SMILES string of the molecule is COCC(=O)N1CC=C(c2ccccc2)CC1. The third-order valence-corrected chi connectivity index (χ3v) is 2.97. The van der Waals surface area contributed by atoms with Gasteiger partial charge in [0.2, 0.25) is 5.91 Å². The molecule has 17 heavy (non-hydrogen) atoms. The van der Waals surface area contributed by atoms with Gasteiger partial charge in [0, 0.05) is 20.2 Å². The molecule has 0 aromatic heterocycles. The average molecular weight is 231 g/mol. The molecule has 0 saturated heterocycles. The summed E-state index contributed by atoms with van der Waals surface area (Å²) in [4.78, 5) is 13.4. The number of ether oxygens (including phenoxy) is 1. The van der Waals surface area contributed by atoms with Crippen LogP contribution in [0.1, 0.15) is 12.0 Å². The molecule has 1 aliphatic heterocycles. The molecule has 0 fully saturated rings. The topological polar surface area (TPSA) is 29.5 Å². The van der Waals surface area contributed by atoms with E-state index in [0.717, 1.165) is 13.0 Å². The smallest absolute Gasteiger partial charge is 0.248 e. The average Bonchev–Trinajstić information content (AvgIpc) is 2.40. The van der Waals surface area contributed by atoms with Crippen molar-refractivity contribution in [3.05, 3.63) is 42.0 Å². The third kappa shape index (κ3) is 2.94. The van der Waals surface area contributed by atoms with Crippen LogP contribution in [0.3, 0.4) is 0 Å². The highest BCUT2D eigenvalue weighted by molar-refractivity contribution is 5.79. The van der Waals surface area contributed by atoms with Crippen molar-refractivity contribution < 1.29 is 9.53 Å². The molecule has 1 aliphatic rings. The minimum absolute atomic E-state index is 0.0656. The zero-order chi connectivity index (χ0) is 12.1. The largest absolute Gasteiger partial charge is 0.375 e. The van der Waals surface area contributed by atoms with Gasteiger partial charge in [-0.2, -0.15) is 0 Å². The number of methoxy groups -OCH3 is 1. The summed E-state index contributed by atoms with van der Waals surface area (Å²) >= 11 is 0. The fraction of sp³-hybridized carbons (Fsp3) is 0.357. The predicted molar refractivity (Wildman–Crippen MR) is 67.5 cm³/mol. The van der Waals surface area contributed by atoms with Gasteiger partial charge in [-0.15, -0.1) is 0 Å². The van der Waals surface area contributed by atoms with E-state index < -0.39 is 0 Å². The van der Waals surface area contributed by atoms with E-state index in [1.165, 1.54) is 11.1 Å². The summed E-state index contributed by atoms with van der Waals surface area (Å²) < 4.78 is 4.86. The summed E-state index contributed by atoms with van der Waals surface area (Å²) in [6.07, 6.45) is 3.05. The standard InChI is InChI=1S/C14H17NO2/c1-17-11-14(16)15-9-7-13(8-10-15)12-5-3-2-4-6-12/h2-7H,8-11H2,1H3. The van der Waals surface area contributed by atoms with Gasteiger partial charge in [0.25, 0.3) is 0 Å². The lowest BCUT2D eigenvalue weighted by Crippen LogP contribution is -2.36. The Morgan fingerprint density at radius 3 is 2.71 bits per heavy atom. The fourth-order valence-electron chi connectivity index (χ4n) is 2.02. The number of amides is 1. The Morgan fingerprint density at radius 1 is 1.35 bits per heavy atom. The van der Waals surface area contributed by atoms with E-state index >= 15 is 0 Å². The number of carbonyl (C=O) groups excluding carboxylic acids is 1. The lowest BCUT2D eigenvalue weighted by atomic mass is 10.00. The van der Waals surface area contributed by atoms with E-state index in [1.54, 1.807) is 7.11 Å². The second-order valence-corrected chi connectivity index (χ2v) is 4.12. The van der Waals surface area contributed by atoms with E-state index in [2.05, 4.69) is 18.2 Å². The van der Waals surface area contributed by atoms with Crippen LogP contribution in [0.4, 0.5) is 0 Å². The van der Waals surface area contributed by atoms with Crippen molar-refractivity contribution in [2.45, 2.75) is 6.42 Å². The summed E-state index contributed by atoms with van der Waals surface area (Å²) in [5.74, 6) is 0.0656. The van der Waals surface area contributed by atoms with Crippen molar-refractivity contribution in [2.24, 2.45) is 0 Å². The summed E-state index contributed by atoms with van der Waals surface area (Å²) in [6.45, 7) is 1.64. The number of rotatable bonds is 3. The van der Waals surface area contributed by atoms with Crippen LogP contribution in [0, 0.1) is 0 Å². The first-order valence-electron chi connectivity index (χ1n) is 5.82. The van der Waals surface area contributed by atoms with Crippen LogP contribution in [-0.2, 0) is 9.53 Å². The van der Waals surface area contributed by atoms with E-state index in [9.17, 15) is 4.79 Å². The summed E-state index contributed by atoms with van der Waals surface area (Å²) in [5, 5.41) is 0. The quantitative estimate of drug-likeness (QED) is 0.795. The Bertz CT molecular complexity index is 411. The highest BCUT2D eigenvalue weighted by Crippen LogP contribution is 2.21. The van der Waals surface area contributed by atoms with Crippen LogP contribution in [0.2, 0.25) is 0 Å². The normalized spacial score (nSPS) is 15.6. The van der Waals surface area contributed by atoms with Gasteiger partial charge >= 0.3 is 0 Å². The summed E-state index contributed by atoms with van der Waals surface area (Å²) in [6, 6.07) is 10.3. The van der Waals surface area contributed by atoms with Crippen molar-refractivity contribution in [2.75, 3.05) is 26.8 Å². The summed E-state index contributed by atoms with van der Waals surface area (Å²) in [5.41, 5.74) is 2.58. The molecular weight excluding hydrogens is 214 g/mol. The highest BCUT2D eigenvalue weighted by atomic mass is 16.5. The molecule has 0 N–H and O–H groups in total. The molecule has 0 spiro atoms. The lowest BCUT2D eigenvalue weighted by Gasteiger charge is -2.26. The maximum atomic E-state index is 11.6. The predicted octanol–water partition coefficient (Wildman–Crippen LogP) is 1.95. The van der Waals surface area contributed by atoms with Gasteiger partial charge in [-0.05, 0) is 17.6 Å². The second kappa shape index (κ2) is 5.64. The highest BCUT2D eigenvalue weighted by Gasteiger charge is 2.17. The van der Waals surface area contributed by atoms with Crippen molar-refractivity contribution in [1.82, 2.24) is 4.90 Å². The van der Waals surface area contributed by atoms with Gasteiger partial charge in [0.15, 0.2) is 0 Å². The molecule has 90 valence electrons. The number of carbonyl (C=O) groups is 1. The Morgan fingerprint density at radius 2 is 2.12 bits per heavy atom. The van der Waals surface area contributed by atoms with Crippen LogP contribution >= 0.6 is 0 Å². The minimum Gasteiger partial charge on any atom is -0.375 e. The molecule has 1 amide bonds. The second-order valence-electron chi connectivity index (χ2n) is 4.12. The number of hydrogen-bond donors (Lipinski definition) is 0. The van der Waals surface area contributed by atoms with Gasteiger partial charge in [0.05, 0.1) is 0 Å². The molecule has 0 unspecified atom stereocenters. The van der Waals surface area contributed by atoms with Crippen LogP contribution < -0.4 is 0 Å². The number of hydrogen-bond acceptors (Lipinski definition) is 2. The molecular formula is C14H17NO2. The van der Waals surface area contributed by atoms with Crippen molar-refractivity contribution in [3.63, 3.8) is 0 Å². The molecule has 1 heterocycles. The third-order valence-electron chi connectivity index (χ3n) is 2.97. The fourth-order valence-corrected chi connectivity index (χ4v) is 2.02. The van der Waals surface area contributed by atoms with Gasteiger partial charge in [0.1, 0.15) is 6.61 Å². The molecule has 0 bridgehead atoms. The Kier molecular flexibility index (Phi) is 3.94. The molecule has 3 heteroatoms. The lowest BCUT2D eigenvalue weighted by molar-refractivity contribution is -0.134. The first kappa shape index (κ1) is 11.9. The van der Waals surface area contributed by atoms with Gasteiger partial charge < -0.3 is 9.64 Å². The van der Waals surface area contributed by atoms with E-state index in [-0.39, 0.29) is 12.5 Å². The first-order chi connectivity index (χ1) is 8.31. The van der Waals surface area contributed by atoms with Gasteiger partial charge in [-0.25, -0.2) is 0 Å². The molecule has 2 rings (SSSR count). The van der Waals surface area contributed by atoms with Crippen LogP contribution in [0.25, 0.3) is 5.57 Å². The van der Waals surface area contributed by atoms with Crippen LogP contribution in [-0.4, -0.2) is 37.6 Å². The molecule has 1 aromatic rings. The molecule has 3 nitrogen and oxygen atoms in total. The van der Waals surface area contributed by atoms with Crippen molar-refractivity contribution >= 4 is 11.5 Å².